The number of aliphatic hydroxyl groups excluding tert-OH is 1. The molecule has 0 aromatic rings. The highest BCUT2D eigenvalue weighted by Crippen LogP contribution is 1.92. The van der Waals surface area contributed by atoms with Gasteiger partial charge in [-0.15, -0.1) is 6.42 Å². The monoisotopic (exact) mass is 141 g/mol. The molecule has 0 saturated heterocycles. The van der Waals surface area contributed by atoms with Crippen LogP contribution in [0.15, 0.2) is 0 Å². The van der Waals surface area contributed by atoms with Gasteiger partial charge in [0, 0.05) is 6.54 Å². The summed E-state index contributed by atoms with van der Waals surface area (Å²) in [7, 11) is 0. The summed E-state index contributed by atoms with van der Waals surface area (Å²) in [5.74, 6) is 2.44. The van der Waals surface area contributed by atoms with Crippen molar-refractivity contribution in [1.82, 2.24) is 5.32 Å². The summed E-state index contributed by atoms with van der Waals surface area (Å²) in [6.45, 7) is 3.20. The molecule has 2 N–H and O–H groups in total. The fourth-order valence-corrected chi connectivity index (χ4v) is 0.746. The summed E-state index contributed by atoms with van der Waals surface area (Å²) in [6, 6.07) is 0. The molecule has 0 rings (SSSR count). The van der Waals surface area contributed by atoms with E-state index in [0.717, 1.165) is 12.8 Å². The molecule has 0 aromatic heterocycles. The van der Waals surface area contributed by atoms with E-state index in [1.807, 2.05) is 6.92 Å². The van der Waals surface area contributed by atoms with Crippen LogP contribution in [0.5, 0.6) is 0 Å². The van der Waals surface area contributed by atoms with Gasteiger partial charge in [-0.1, -0.05) is 19.3 Å². The van der Waals surface area contributed by atoms with Crippen LogP contribution in [0.3, 0.4) is 0 Å². The Morgan fingerprint density at radius 2 is 2.40 bits per heavy atom. The van der Waals surface area contributed by atoms with Crippen molar-refractivity contribution in [3.05, 3.63) is 0 Å². The van der Waals surface area contributed by atoms with Crippen LogP contribution in [0.25, 0.3) is 0 Å². The molecule has 0 bridgehead atoms. The maximum atomic E-state index is 9.14. The third-order valence-corrected chi connectivity index (χ3v) is 1.23. The maximum Gasteiger partial charge on any atom is 0.0664 e. The highest BCUT2D eigenvalue weighted by atomic mass is 16.3. The largest absolute Gasteiger partial charge is 0.392 e. The van der Waals surface area contributed by atoms with Crippen molar-refractivity contribution in [1.29, 1.82) is 0 Å². The zero-order chi connectivity index (χ0) is 7.82. The summed E-state index contributed by atoms with van der Waals surface area (Å²) < 4.78 is 0. The number of terminal acetylenes is 1. The van der Waals surface area contributed by atoms with Crippen LogP contribution < -0.4 is 5.32 Å². The molecule has 2 nitrogen and oxygen atoms in total. The van der Waals surface area contributed by atoms with Gasteiger partial charge in [-0.05, 0) is 6.42 Å². The van der Waals surface area contributed by atoms with Crippen molar-refractivity contribution in [2.24, 2.45) is 0 Å². The van der Waals surface area contributed by atoms with Crippen molar-refractivity contribution in [3.8, 4) is 12.3 Å². The summed E-state index contributed by atoms with van der Waals surface area (Å²) in [6.07, 6.45) is 6.61. The summed E-state index contributed by atoms with van der Waals surface area (Å²) in [4.78, 5) is 0. The molecule has 0 aliphatic carbocycles. The second kappa shape index (κ2) is 6.60. The lowest BCUT2D eigenvalue weighted by atomic mass is 10.2. The lowest BCUT2D eigenvalue weighted by Crippen LogP contribution is -2.26. The van der Waals surface area contributed by atoms with E-state index in [-0.39, 0.29) is 6.10 Å². The van der Waals surface area contributed by atoms with Crippen LogP contribution in [0.1, 0.15) is 19.8 Å². The van der Waals surface area contributed by atoms with E-state index >= 15 is 0 Å². The molecule has 0 aliphatic rings. The van der Waals surface area contributed by atoms with E-state index in [1.54, 1.807) is 0 Å². The van der Waals surface area contributed by atoms with Crippen LogP contribution in [-0.2, 0) is 0 Å². The Bertz CT molecular complexity index is 106. The first-order valence-electron chi connectivity index (χ1n) is 3.63. The molecular formula is C8H15NO. The second-order valence-electron chi connectivity index (χ2n) is 2.28. The normalized spacial score (nSPS) is 12.5. The molecule has 0 radical (unpaired) electrons. The van der Waals surface area contributed by atoms with Gasteiger partial charge >= 0.3 is 0 Å². The second-order valence-corrected chi connectivity index (χ2v) is 2.28. The molecule has 0 amide bonds. The van der Waals surface area contributed by atoms with Gasteiger partial charge in [0.2, 0.25) is 0 Å². The third-order valence-electron chi connectivity index (χ3n) is 1.23. The van der Waals surface area contributed by atoms with Gasteiger partial charge in [0.25, 0.3) is 0 Å². The Hall–Kier alpha value is -0.520. The average molecular weight is 141 g/mol. The molecule has 0 saturated carbocycles. The zero-order valence-electron chi connectivity index (χ0n) is 6.43. The maximum absolute atomic E-state index is 9.14. The van der Waals surface area contributed by atoms with Gasteiger partial charge in [-0.25, -0.2) is 0 Å². The fraction of sp³-hybridized carbons (Fsp3) is 0.750. The standard InChI is InChI=1S/C8H15NO/c1-3-5-8(10)7-9-6-4-2/h2,8-10H,3,5-7H2,1H3. The first-order valence-corrected chi connectivity index (χ1v) is 3.63. The summed E-state index contributed by atoms with van der Waals surface area (Å²) in [5.41, 5.74) is 0. The quantitative estimate of drug-likeness (QED) is 0.428. The molecule has 0 heterocycles. The Balaban J connectivity index is 3.06. The topological polar surface area (TPSA) is 32.3 Å². The molecule has 0 spiro atoms. The van der Waals surface area contributed by atoms with Crippen LogP contribution in [0.2, 0.25) is 0 Å². The molecule has 0 aromatic carbocycles. The number of hydrogen-bond donors (Lipinski definition) is 2. The van der Waals surface area contributed by atoms with Crippen molar-refractivity contribution < 1.29 is 5.11 Å². The highest BCUT2D eigenvalue weighted by Gasteiger charge is 1.98. The van der Waals surface area contributed by atoms with Gasteiger partial charge in [0.05, 0.1) is 12.6 Å². The molecule has 1 unspecified atom stereocenters. The van der Waals surface area contributed by atoms with Gasteiger partial charge in [0.1, 0.15) is 0 Å². The molecule has 0 fully saturated rings. The van der Waals surface area contributed by atoms with E-state index in [9.17, 15) is 0 Å². The average Bonchev–Trinajstić information content (AvgIpc) is 1.89. The van der Waals surface area contributed by atoms with E-state index in [0.29, 0.717) is 13.1 Å². The minimum atomic E-state index is -0.238. The lowest BCUT2D eigenvalue weighted by Gasteiger charge is -2.07. The van der Waals surface area contributed by atoms with E-state index in [2.05, 4.69) is 11.2 Å². The fourth-order valence-electron chi connectivity index (χ4n) is 0.746. The number of rotatable bonds is 5. The number of hydrogen-bond acceptors (Lipinski definition) is 2. The lowest BCUT2D eigenvalue weighted by molar-refractivity contribution is 0.162. The molecule has 1 atom stereocenters. The van der Waals surface area contributed by atoms with Gasteiger partial charge in [-0.3, -0.25) is 0 Å². The predicted molar refractivity (Wildman–Crippen MR) is 42.6 cm³/mol. The third kappa shape index (κ3) is 5.61. The van der Waals surface area contributed by atoms with Crippen molar-refractivity contribution in [2.45, 2.75) is 25.9 Å². The smallest absolute Gasteiger partial charge is 0.0664 e. The van der Waals surface area contributed by atoms with Crippen molar-refractivity contribution >= 4 is 0 Å². The van der Waals surface area contributed by atoms with Crippen LogP contribution in [-0.4, -0.2) is 24.3 Å². The number of aliphatic hydroxyl groups is 1. The SMILES string of the molecule is C#CCNCC(O)CCC. The minimum absolute atomic E-state index is 0.238. The van der Waals surface area contributed by atoms with Crippen LogP contribution >= 0.6 is 0 Å². The molecule has 2 heteroatoms. The highest BCUT2D eigenvalue weighted by molar-refractivity contribution is 4.86. The molecule has 58 valence electrons. The minimum Gasteiger partial charge on any atom is -0.392 e. The summed E-state index contributed by atoms with van der Waals surface area (Å²) in [5, 5.41) is 12.1. The Morgan fingerprint density at radius 1 is 1.70 bits per heavy atom. The van der Waals surface area contributed by atoms with Crippen molar-refractivity contribution in [3.63, 3.8) is 0 Å². The predicted octanol–water partition coefficient (Wildman–Crippen LogP) is 0.370. The van der Waals surface area contributed by atoms with E-state index in [1.165, 1.54) is 0 Å². The Labute approximate surface area is 62.6 Å². The van der Waals surface area contributed by atoms with E-state index < -0.39 is 0 Å². The first-order chi connectivity index (χ1) is 4.81. The van der Waals surface area contributed by atoms with Crippen LogP contribution in [0, 0.1) is 12.3 Å². The van der Waals surface area contributed by atoms with E-state index in [4.69, 9.17) is 11.5 Å². The number of nitrogens with one attached hydrogen (secondary N) is 1. The van der Waals surface area contributed by atoms with Gasteiger partial charge < -0.3 is 10.4 Å². The Morgan fingerprint density at radius 3 is 2.90 bits per heavy atom. The molecule has 10 heavy (non-hydrogen) atoms. The van der Waals surface area contributed by atoms with Crippen LogP contribution in [0.4, 0.5) is 0 Å². The first kappa shape index (κ1) is 9.48. The zero-order valence-corrected chi connectivity index (χ0v) is 6.43. The summed E-state index contributed by atoms with van der Waals surface area (Å²) >= 11 is 0. The molecular weight excluding hydrogens is 126 g/mol. The molecule has 0 aliphatic heterocycles. The van der Waals surface area contributed by atoms with Gasteiger partial charge in [0.15, 0.2) is 0 Å². The van der Waals surface area contributed by atoms with Gasteiger partial charge in [-0.2, -0.15) is 0 Å². The Kier molecular flexibility index (Phi) is 6.25. The van der Waals surface area contributed by atoms with Crippen molar-refractivity contribution in [2.75, 3.05) is 13.1 Å².